The van der Waals surface area contributed by atoms with E-state index in [4.69, 9.17) is 4.74 Å². The van der Waals surface area contributed by atoms with E-state index in [1.54, 1.807) is 0 Å². The van der Waals surface area contributed by atoms with Gasteiger partial charge in [-0.2, -0.15) is 0 Å². The van der Waals surface area contributed by atoms with E-state index < -0.39 is 0 Å². The highest BCUT2D eigenvalue weighted by Crippen LogP contribution is 2.39. The molecule has 0 heterocycles. The van der Waals surface area contributed by atoms with Crippen molar-refractivity contribution in [3.05, 3.63) is 0 Å². The SMILES string of the molecule is CCNCCCCCOC1CC(C)CC(C)(C)C1. The fourth-order valence-corrected chi connectivity index (χ4v) is 3.34. The van der Waals surface area contributed by atoms with Crippen LogP contribution in [-0.4, -0.2) is 25.8 Å². The average Bonchev–Trinajstić information content (AvgIpc) is 2.25. The summed E-state index contributed by atoms with van der Waals surface area (Å²) in [7, 11) is 0. The molecule has 1 rings (SSSR count). The molecule has 0 bridgehead atoms. The van der Waals surface area contributed by atoms with Gasteiger partial charge < -0.3 is 10.1 Å². The van der Waals surface area contributed by atoms with Crippen LogP contribution in [0.2, 0.25) is 0 Å². The summed E-state index contributed by atoms with van der Waals surface area (Å²) in [5.74, 6) is 0.826. The van der Waals surface area contributed by atoms with Gasteiger partial charge in [0.05, 0.1) is 6.10 Å². The van der Waals surface area contributed by atoms with Crippen molar-refractivity contribution in [2.45, 2.75) is 72.3 Å². The summed E-state index contributed by atoms with van der Waals surface area (Å²) in [5, 5.41) is 3.36. The van der Waals surface area contributed by atoms with Crippen LogP contribution in [0.3, 0.4) is 0 Å². The molecule has 0 aromatic heterocycles. The molecule has 0 spiro atoms. The summed E-state index contributed by atoms with van der Waals surface area (Å²) >= 11 is 0. The van der Waals surface area contributed by atoms with Gasteiger partial charge in [-0.1, -0.05) is 27.7 Å². The van der Waals surface area contributed by atoms with Gasteiger partial charge >= 0.3 is 0 Å². The number of rotatable bonds is 8. The van der Waals surface area contributed by atoms with Crippen molar-refractivity contribution < 1.29 is 4.74 Å². The minimum atomic E-state index is 0.480. The predicted molar refractivity (Wildman–Crippen MR) is 78.9 cm³/mol. The summed E-state index contributed by atoms with van der Waals surface area (Å²) < 4.78 is 6.08. The fraction of sp³-hybridized carbons (Fsp3) is 1.00. The van der Waals surface area contributed by atoms with Crippen molar-refractivity contribution in [2.24, 2.45) is 11.3 Å². The van der Waals surface area contributed by atoms with Crippen molar-refractivity contribution in [1.82, 2.24) is 5.32 Å². The molecule has 18 heavy (non-hydrogen) atoms. The second kappa shape index (κ2) is 8.16. The Kier molecular flexibility index (Phi) is 7.25. The second-order valence-electron chi connectivity index (χ2n) is 6.82. The van der Waals surface area contributed by atoms with Gasteiger partial charge in [0.25, 0.3) is 0 Å². The first kappa shape index (κ1) is 16.0. The van der Waals surface area contributed by atoms with E-state index in [0.717, 1.165) is 25.6 Å². The summed E-state index contributed by atoms with van der Waals surface area (Å²) in [6.07, 6.45) is 8.17. The van der Waals surface area contributed by atoms with E-state index in [1.165, 1.54) is 38.5 Å². The summed E-state index contributed by atoms with van der Waals surface area (Å²) in [5.41, 5.74) is 0.480. The van der Waals surface area contributed by atoms with E-state index >= 15 is 0 Å². The topological polar surface area (TPSA) is 21.3 Å². The van der Waals surface area contributed by atoms with Crippen LogP contribution in [0.5, 0.6) is 0 Å². The zero-order valence-electron chi connectivity index (χ0n) is 12.9. The molecule has 0 aliphatic heterocycles. The third-order valence-electron chi connectivity index (χ3n) is 3.95. The van der Waals surface area contributed by atoms with Crippen LogP contribution >= 0.6 is 0 Å². The third kappa shape index (κ3) is 6.75. The average molecular weight is 255 g/mol. The number of unbranched alkanes of at least 4 members (excludes halogenated alkanes) is 2. The van der Waals surface area contributed by atoms with Crippen LogP contribution in [0.1, 0.15) is 66.2 Å². The van der Waals surface area contributed by atoms with Crippen molar-refractivity contribution in [1.29, 1.82) is 0 Å². The molecule has 2 nitrogen and oxygen atoms in total. The molecule has 1 aliphatic carbocycles. The third-order valence-corrected chi connectivity index (χ3v) is 3.95. The van der Waals surface area contributed by atoms with Crippen molar-refractivity contribution in [2.75, 3.05) is 19.7 Å². The van der Waals surface area contributed by atoms with Gasteiger partial charge in [-0.15, -0.1) is 0 Å². The lowest BCUT2D eigenvalue weighted by Gasteiger charge is -2.38. The minimum Gasteiger partial charge on any atom is -0.378 e. The summed E-state index contributed by atoms with van der Waals surface area (Å²) in [6.45, 7) is 12.5. The maximum atomic E-state index is 6.08. The van der Waals surface area contributed by atoms with Gasteiger partial charge in [0.2, 0.25) is 0 Å². The van der Waals surface area contributed by atoms with E-state index in [9.17, 15) is 0 Å². The summed E-state index contributed by atoms with van der Waals surface area (Å²) in [4.78, 5) is 0. The van der Waals surface area contributed by atoms with Crippen LogP contribution in [0, 0.1) is 11.3 Å². The molecule has 0 aromatic carbocycles. The van der Waals surface area contributed by atoms with Crippen LogP contribution in [-0.2, 0) is 4.74 Å². The Labute approximate surface area is 114 Å². The molecule has 2 unspecified atom stereocenters. The Morgan fingerprint density at radius 3 is 2.61 bits per heavy atom. The highest BCUT2D eigenvalue weighted by molar-refractivity contribution is 4.83. The first-order valence-electron chi connectivity index (χ1n) is 7.86. The molecule has 2 atom stereocenters. The lowest BCUT2D eigenvalue weighted by Crippen LogP contribution is -2.32. The summed E-state index contributed by atoms with van der Waals surface area (Å²) in [6, 6.07) is 0. The van der Waals surface area contributed by atoms with Gasteiger partial charge in [-0.25, -0.2) is 0 Å². The normalized spacial score (nSPS) is 27.3. The highest BCUT2D eigenvalue weighted by atomic mass is 16.5. The zero-order chi connectivity index (χ0) is 13.4. The lowest BCUT2D eigenvalue weighted by molar-refractivity contribution is -0.0240. The van der Waals surface area contributed by atoms with Crippen LogP contribution in [0.4, 0.5) is 0 Å². The van der Waals surface area contributed by atoms with Crippen molar-refractivity contribution >= 4 is 0 Å². The highest BCUT2D eigenvalue weighted by Gasteiger charge is 2.32. The number of hydrogen-bond acceptors (Lipinski definition) is 2. The van der Waals surface area contributed by atoms with Gasteiger partial charge in [-0.3, -0.25) is 0 Å². The molecule has 1 fully saturated rings. The quantitative estimate of drug-likeness (QED) is 0.662. The monoisotopic (exact) mass is 255 g/mol. The second-order valence-corrected chi connectivity index (χ2v) is 6.82. The number of ether oxygens (including phenoxy) is 1. The maximum Gasteiger partial charge on any atom is 0.0582 e. The standard InChI is InChI=1S/C16H33NO/c1-5-17-9-7-6-8-10-18-15-11-14(2)12-16(3,4)13-15/h14-15,17H,5-13H2,1-4H3. The molecule has 1 aliphatic rings. The van der Waals surface area contributed by atoms with E-state index in [1.807, 2.05) is 0 Å². The minimum absolute atomic E-state index is 0.480. The van der Waals surface area contributed by atoms with E-state index in [-0.39, 0.29) is 0 Å². The van der Waals surface area contributed by atoms with Gasteiger partial charge in [0.15, 0.2) is 0 Å². The molecular formula is C16H33NO. The first-order valence-corrected chi connectivity index (χ1v) is 7.86. The van der Waals surface area contributed by atoms with E-state index in [2.05, 4.69) is 33.0 Å². The molecule has 0 aromatic rings. The Morgan fingerprint density at radius 1 is 1.17 bits per heavy atom. The number of hydrogen-bond donors (Lipinski definition) is 1. The zero-order valence-corrected chi connectivity index (χ0v) is 12.9. The largest absolute Gasteiger partial charge is 0.378 e. The molecular weight excluding hydrogens is 222 g/mol. The van der Waals surface area contributed by atoms with Crippen LogP contribution in [0.15, 0.2) is 0 Å². The van der Waals surface area contributed by atoms with Crippen LogP contribution in [0.25, 0.3) is 0 Å². The smallest absolute Gasteiger partial charge is 0.0582 e. The molecule has 1 N–H and O–H groups in total. The lowest BCUT2D eigenvalue weighted by atomic mass is 9.71. The Morgan fingerprint density at radius 2 is 1.94 bits per heavy atom. The van der Waals surface area contributed by atoms with Crippen LogP contribution < -0.4 is 5.32 Å². The Hall–Kier alpha value is -0.0800. The van der Waals surface area contributed by atoms with Gasteiger partial charge in [-0.05, 0) is 62.9 Å². The maximum absolute atomic E-state index is 6.08. The molecule has 0 saturated heterocycles. The number of nitrogens with one attached hydrogen (secondary N) is 1. The predicted octanol–water partition coefficient (Wildman–Crippen LogP) is 4.00. The van der Waals surface area contributed by atoms with Crippen molar-refractivity contribution in [3.8, 4) is 0 Å². The van der Waals surface area contributed by atoms with E-state index in [0.29, 0.717) is 11.5 Å². The molecule has 0 radical (unpaired) electrons. The molecule has 2 heteroatoms. The van der Waals surface area contributed by atoms with Crippen molar-refractivity contribution in [3.63, 3.8) is 0 Å². The first-order chi connectivity index (χ1) is 8.53. The molecule has 108 valence electrons. The fourth-order valence-electron chi connectivity index (χ4n) is 3.34. The van der Waals surface area contributed by atoms with Gasteiger partial charge in [0.1, 0.15) is 0 Å². The van der Waals surface area contributed by atoms with Gasteiger partial charge in [0, 0.05) is 6.61 Å². The Bertz CT molecular complexity index is 215. The Balaban J connectivity index is 2.04. The molecule has 1 saturated carbocycles. The molecule has 0 amide bonds.